The van der Waals surface area contributed by atoms with Gasteiger partial charge in [0.25, 0.3) is 0 Å². The van der Waals surface area contributed by atoms with Gasteiger partial charge in [0.05, 0.1) is 5.69 Å². The van der Waals surface area contributed by atoms with Gasteiger partial charge in [-0.2, -0.15) is 4.98 Å². The highest BCUT2D eigenvalue weighted by molar-refractivity contribution is 6.30. The molecule has 2 aromatic rings. The van der Waals surface area contributed by atoms with Gasteiger partial charge in [-0.1, -0.05) is 11.6 Å². The standard InChI is InChI=1S/C12H12ClFN4/c1-2-15-12-16-6-5-11(18-12)17-10-4-3-8(13)7-9(10)14/h3-7H,2H2,1H3,(H2,15,16,17,18). The minimum Gasteiger partial charge on any atom is -0.354 e. The molecule has 1 heterocycles. The molecule has 0 saturated heterocycles. The Labute approximate surface area is 109 Å². The second-order valence-corrected chi connectivity index (χ2v) is 3.98. The third kappa shape index (κ3) is 3.07. The normalized spacial score (nSPS) is 10.2. The molecular weight excluding hydrogens is 255 g/mol. The third-order valence-corrected chi connectivity index (χ3v) is 2.42. The van der Waals surface area contributed by atoms with Crippen molar-refractivity contribution in [2.24, 2.45) is 0 Å². The number of nitrogens with one attached hydrogen (secondary N) is 2. The highest BCUT2D eigenvalue weighted by Gasteiger charge is 2.04. The lowest BCUT2D eigenvalue weighted by Crippen LogP contribution is -2.04. The van der Waals surface area contributed by atoms with E-state index in [4.69, 9.17) is 11.6 Å². The van der Waals surface area contributed by atoms with Crippen LogP contribution in [0.1, 0.15) is 6.92 Å². The van der Waals surface area contributed by atoms with E-state index in [1.54, 1.807) is 24.4 Å². The number of nitrogens with zero attached hydrogens (tertiary/aromatic N) is 2. The fourth-order valence-electron chi connectivity index (χ4n) is 1.40. The molecule has 1 aromatic carbocycles. The van der Waals surface area contributed by atoms with Crippen LogP contribution >= 0.6 is 11.6 Å². The van der Waals surface area contributed by atoms with Gasteiger partial charge in [0.1, 0.15) is 11.6 Å². The highest BCUT2D eigenvalue weighted by atomic mass is 35.5. The van der Waals surface area contributed by atoms with Gasteiger partial charge in [-0.3, -0.25) is 0 Å². The number of hydrogen-bond acceptors (Lipinski definition) is 4. The summed E-state index contributed by atoms with van der Waals surface area (Å²) in [5.74, 6) is 0.588. The predicted octanol–water partition coefficient (Wildman–Crippen LogP) is 3.44. The van der Waals surface area contributed by atoms with E-state index in [2.05, 4.69) is 20.6 Å². The van der Waals surface area contributed by atoms with E-state index in [0.29, 0.717) is 22.5 Å². The van der Waals surface area contributed by atoms with Gasteiger partial charge in [-0.25, -0.2) is 9.37 Å². The summed E-state index contributed by atoms with van der Waals surface area (Å²) in [4.78, 5) is 8.22. The van der Waals surface area contributed by atoms with Crippen molar-refractivity contribution in [2.75, 3.05) is 17.2 Å². The number of benzene rings is 1. The zero-order valence-corrected chi connectivity index (χ0v) is 10.5. The van der Waals surface area contributed by atoms with Crippen molar-refractivity contribution in [3.8, 4) is 0 Å². The lowest BCUT2D eigenvalue weighted by molar-refractivity contribution is 0.632. The molecule has 4 nitrogen and oxygen atoms in total. The molecule has 0 bridgehead atoms. The van der Waals surface area contributed by atoms with Crippen LogP contribution in [0.4, 0.5) is 21.8 Å². The summed E-state index contributed by atoms with van der Waals surface area (Å²) in [7, 11) is 0. The Kier molecular flexibility index (Phi) is 3.94. The maximum Gasteiger partial charge on any atom is 0.224 e. The number of halogens is 2. The average molecular weight is 267 g/mol. The molecule has 0 atom stereocenters. The lowest BCUT2D eigenvalue weighted by Gasteiger charge is -2.08. The maximum atomic E-state index is 13.6. The maximum absolute atomic E-state index is 13.6. The Morgan fingerprint density at radius 1 is 1.33 bits per heavy atom. The summed E-state index contributed by atoms with van der Waals surface area (Å²) in [5.41, 5.74) is 0.320. The van der Waals surface area contributed by atoms with Crippen molar-refractivity contribution in [1.29, 1.82) is 0 Å². The second kappa shape index (κ2) is 5.64. The van der Waals surface area contributed by atoms with Gasteiger partial charge < -0.3 is 10.6 Å². The molecule has 94 valence electrons. The summed E-state index contributed by atoms with van der Waals surface area (Å²) in [6.07, 6.45) is 1.60. The van der Waals surface area contributed by atoms with Crippen LogP contribution in [0.5, 0.6) is 0 Å². The third-order valence-electron chi connectivity index (χ3n) is 2.18. The zero-order valence-electron chi connectivity index (χ0n) is 9.74. The molecule has 18 heavy (non-hydrogen) atoms. The van der Waals surface area contributed by atoms with Crippen molar-refractivity contribution in [1.82, 2.24) is 9.97 Å². The predicted molar refractivity (Wildman–Crippen MR) is 70.9 cm³/mol. The van der Waals surface area contributed by atoms with E-state index in [9.17, 15) is 4.39 Å². The van der Waals surface area contributed by atoms with E-state index in [-0.39, 0.29) is 0 Å². The van der Waals surface area contributed by atoms with E-state index < -0.39 is 5.82 Å². The fraction of sp³-hybridized carbons (Fsp3) is 0.167. The van der Waals surface area contributed by atoms with Gasteiger partial charge in [-0.05, 0) is 31.2 Å². The Morgan fingerprint density at radius 3 is 2.89 bits per heavy atom. The first-order valence-corrected chi connectivity index (χ1v) is 5.86. The second-order valence-electron chi connectivity index (χ2n) is 3.54. The average Bonchev–Trinajstić information content (AvgIpc) is 2.34. The number of anilines is 3. The largest absolute Gasteiger partial charge is 0.354 e. The van der Waals surface area contributed by atoms with Crippen molar-refractivity contribution >= 4 is 29.1 Å². The first kappa shape index (κ1) is 12.6. The van der Waals surface area contributed by atoms with Gasteiger partial charge in [0.15, 0.2) is 0 Å². The van der Waals surface area contributed by atoms with E-state index in [1.807, 2.05) is 6.92 Å². The molecule has 0 radical (unpaired) electrons. The molecule has 0 unspecified atom stereocenters. The van der Waals surface area contributed by atoms with Gasteiger partial charge in [0, 0.05) is 17.8 Å². The Balaban J connectivity index is 2.20. The molecular formula is C12H12ClFN4. The van der Waals surface area contributed by atoms with Crippen molar-refractivity contribution < 1.29 is 4.39 Å². The van der Waals surface area contributed by atoms with Crippen LogP contribution in [0.15, 0.2) is 30.5 Å². The lowest BCUT2D eigenvalue weighted by atomic mass is 10.3. The Morgan fingerprint density at radius 2 is 2.17 bits per heavy atom. The molecule has 0 fully saturated rings. The van der Waals surface area contributed by atoms with Crippen LogP contribution in [0, 0.1) is 5.82 Å². The molecule has 2 N–H and O–H groups in total. The van der Waals surface area contributed by atoms with Gasteiger partial charge in [0.2, 0.25) is 5.95 Å². The van der Waals surface area contributed by atoms with Crippen LogP contribution in [-0.4, -0.2) is 16.5 Å². The van der Waals surface area contributed by atoms with Crippen LogP contribution in [0.3, 0.4) is 0 Å². The van der Waals surface area contributed by atoms with Crippen LogP contribution in [0.2, 0.25) is 5.02 Å². The zero-order chi connectivity index (χ0) is 13.0. The molecule has 6 heteroatoms. The monoisotopic (exact) mass is 266 g/mol. The van der Waals surface area contributed by atoms with Crippen molar-refractivity contribution in [3.05, 3.63) is 41.3 Å². The SMILES string of the molecule is CCNc1nccc(Nc2ccc(Cl)cc2F)n1. The smallest absolute Gasteiger partial charge is 0.224 e. The number of hydrogen-bond donors (Lipinski definition) is 2. The van der Waals surface area contributed by atoms with Gasteiger partial charge >= 0.3 is 0 Å². The molecule has 0 aliphatic rings. The first-order chi connectivity index (χ1) is 8.69. The van der Waals surface area contributed by atoms with E-state index >= 15 is 0 Å². The van der Waals surface area contributed by atoms with Crippen molar-refractivity contribution in [3.63, 3.8) is 0 Å². The summed E-state index contributed by atoms with van der Waals surface area (Å²) in [5, 5.41) is 6.21. The molecule has 0 amide bonds. The molecule has 0 aliphatic heterocycles. The molecule has 0 saturated carbocycles. The first-order valence-electron chi connectivity index (χ1n) is 5.48. The van der Waals surface area contributed by atoms with Crippen molar-refractivity contribution in [2.45, 2.75) is 6.92 Å². The highest BCUT2D eigenvalue weighted by Crippen LogP contribution is 2.22. The quantitative estimate of drug-likeness (QED) is 0.890. The topological polar surface area (TPSA) is 49.8 Å². The summed E-state index contributed by atoms with van der Waals surface area (Å²) >= 11 is 5.68. The van der Waals surface area contributed by atoms with Crippen LogP contribution in [0.25, 0.3) is 0 Å². The Hall–Kier alpha value is -1.88. The summed E-state index contributed by atoms with van der Waals surface area (Å²) in [6, 6.07) is 6.08. The van der Waals surface area contributed by atoms with Crippen LogP contribution < -0.4 is 10.6 Å². The number of rotatable bonds is 4. The van der Waals surface area contributed by atoms with Crippen LogP contribution in [-0.2, 0) is 0 Å². The van der Waals surface area contributed by atoms with Gasteiger partial charge in [-0.15, -0.1) is 0 Å². The minimum absolute atomic E-state index is 0.320. The molecule has 1 aromatic heterocycles. The molecule has 0 spiro atoms. The molecule has 0 aliphatic carbocycles. The summed E-state index contributed by atoms with van der Waals surface area (Å²) < 4.78 is 13.6. The molecule has 2 rings (SSSR count). The Bertz CT molecular complexity index is 547. The fourth-order valence-corrected chi connectivity index (χ4v) is 1.56. The number of aromatic nitrogens is 2. The minimum atomic E-state index is -0.425. The van der Waals surface area contributed by atoms with E-state index in [0.717, 1.165) is 6.54 Å². The summed E-state index contributed by atoms with van der Waals surface area (Å²) in [6.45, 7) is 2.67. The van der Waals surface area contributed by atoms with E-state index in [1.165, 1.54) is 6.07 Å².